The van der Waals surface area contributed by atoms with Gasteiger partial charge < -0.3 is 15.4 Å². The van der Waals surface area contributed by atoms with Crippen LogP contribution in [0.1, 0.15) is 30.3 Å². The van der Waals surface area contributed by atoms with E-state index in [-0.39, 0.29) is 6.04 Å². The van der Waals surface area contributed by atoms with Gasteiger partial charge in [0.2, 0.25) is 0 Å². The minimum atomic E-state index is 0.275. The van der Waals surface area contributed by atoms with Crippen molar-refractivity contribution in [2.24, 2.45) is 4.99 Å². The van der Waals surface area contributed by atoms with Crippen molar-refractivity contribution in [1.82, 2.24) is 30.1 Å². The summed E-state index contributed by atoms with van der Waals surface area (Å²) in [4.78, 5) is 6.94. The van der Waals surface area contributed by atoms with Gasteiger partial charge in [-0.15, -0.1) is 10.2 Å². The van der Waals surface area contributed by atoms with Crippen LogP contribution in [0.5, 0.6) is 5.75 Å². The Morgan fingerprint density at radius 1 is 1.13 bits per heavy atom. The van der Waals surface area contributed by atoms with Crippen LogP contribution in [0.4, 0.5) is 0 Å². The molecule has 3 heterocycles. The van der Waals surface area contributed by atoms with Gasteiger partial charge in [0.25, 0.3) is 0 Å². The van der Waals surface area contributed by atoms with E-state index in [2.05, 4.69) is 48.9 Å². The van der Waals surface area contributed by atoms with E-state index in [4.69, 9.17) is 4.74 Å². The third-order valence-corrected chi connectivity index (χ3v) is 5.77. The number of hydrogen-bond donors (Lipinski definition) is 2. The monoisotopic (exact) mass is 421 g/mol. The van der Waals surface area contributed by atoms with Crippen molar-refractivity contribution < 1.29 is 4.74 Å². The number of fused-ring (bicyclic) bond motifs is 1. The molecule has 1 aliphatic rings. The molecule has 2 N–H and O–H groups in total. The molecule has 0 bridgehead atoms. The lowest BCUT2D eigenvalue weighted by molar-refractivity contribution is 0.245. The summed E-state index contributed by atoms with van der Waals surface area (Å²) in [6, 6.07) is 14.6. The Balaban J connectivity index is 1.36. The molecule has 4 rings (SSSR count). The molecule has 1 fully saturated rings. The topological polar surface area (TPSA) is 79.1 Å². The number of nitrogens with one attached hydrogen (secondary N) is 2. The Morgan fingerprint density at radius 2 is 2.00 bits per heavy atom. The van der Waals surface area contributed by atoms with Crippen molar-refractivity contribution in [3.63, 3.8) is 0 Å². The van der Waals surface area contributed by atoms with Gasteiger partial charge in [-0.05, 0) is 55.8 Å². The van der Waals surface area contributed by atoms with Gasteiger partial charge in [-0.3, -0.25) is 14.3 Å². The minimum absolute atomic E-state index is 0.275. The van der Waals surface area contributed by atoms with Crippen LogP contribution in [0.2, 0.25) is 0 Å². The average molecular weight is 422 g/mol. The van der Waals surface area contributed by atoms with E-state index < -0.39 is 0 Å². The Morgan fingerprint density at radius 3 is 2.81 bits per heavy atom. The number of nitrogens with zero attached hydrogens (tertiary/aromatic N) is 5. The van der Waals surface area contributed by atoms with Crippen LogP contribution in [0, 0.1) is 0 Å². The summed E-state index contributed by atoms with van der Waals surface area (Å²) in [7, 11) is 3.52. The number of ether oxygens (including phenoxy) is 1. The van der Waals surface area contributed by atoms with E-state index in [1.54, 1.807) is 14.2 Å². The van der Waals surface area contributed by atoms with Gasteiger partial charge >= 0.3 is 0 Å². The predicted octanol–water partition coefficient (Wildman–Crippen LogP) is 2.28. The lowest BCUT2D eigenvalue weighted by Crippen LogP contribution is -2.43. The quantitative estimate of drug-likeness (QED) is 0.429. The maximum atomic E-state index is 5.45. The Labute approximate surface area is 183 Å². The van der Waals surface area contributed by atoms with Crippen LogP contribution < -0.4 is 15.4 Å². The Kier molecular flexibility index (Phi) is 6.99. The molecule has 1 aliphatic heterocycles. The largest absolute Gasteiger partial charge is 0.497 e. The molecule has 31 heavy (non-hydrogen) atoms. The van der Waals surface area contributed by atoms with Crippen molar-refractivity contribution in [2.75, 3.05) is 40.3 Å². The number of likely N-dealkylation sites (tertiary alicyclic amines) is 1. The van der Waals surface area contributed by atoms with Gasteiger partial charge in [0.05, 0.1) is 13.2 Å². The van der Waals surface area contributed by atoms with E-state index in [1.165, 1.54) is 18.4 Å². The zero-order valence-corrected chi connectivity index (χ0v) is 18.3. The van der Waals surface area contributed by atoms with E-state index >= 15 is 0 Å². The molecule has 1 saturated heterocycles. The van der Waals surface area contributed by atoms with Crippen molar-refractivity contribution in [3.05, 3.63) is 60.0 Å². The molecule has 3 aromatic rings. The number of aliphatic imine (C=N–C) groups is 1. The molecular weight excluding hydrogens is 390 g/mol. The lowest BCUT2D eigenvalue weighted by Gasteiger charge is -2.29. The molecule has 0 aliphatic carbocycles. The first kappa shape index (κ1) is 21.1. The maximum absolute atomic E-state index is 5.45. The molecule has 2 aromatic heterocycles. The van der Waals surface area contributed by atoms with Gasteiger partial charge in [0.1, 0.15) is 11.6 Å². The number of methoxy groups -OCH3 is 1. The highest BCUT2D eigenvalue weighted by Crippen LogP contribution is 2.27. The highest BCUT2D eigenvalue weighted by atomic mass is 16.5. The maximum Gasteiger partial charge on any atom is 0.191 e. The molecule has 0 radical (unpaired) electrons. The van der Waals surface area contributed by atoms with E-state index in [9.17, 15) is 0 Å². The summed E-state index contributed by atoms with van der Waals surface area (Å²) in [5, 5.41) is 15.4. The summed E-state index contributed by atoms with van der Waals surface area (Å²) in [6.07, 6.45) is 5.25. The minimum Gasteiger partial charge on any atom is -0.497 e. The third kappa shape index (κ3) is 5.14. The van der Waals surface area contributed by atoms with Gasteiger partial charge in [0, 0.05) is 32.8 Å². The molecule has 0 amide bonds. The summed E-state index contributed by atoms with van der Waals surface area (Å²) < 4.78 is 7.46. The number of pyridine rings is 1. The van der Waals surface area contributed by atoms with Gasteiger partial charge in [0.15, 0.2) is 11.6 Å². The van der Waals surface area contributed by atoms with Crippen molar-refractivity contribution >= 4 is 11.6 Å². The van der Waals surface area contributed by atoms with Crippen LogP contribution in [0.3, 0.4) is 0 Å². The number of guanidine groups is 1. The van der Waals surface area contributed by atoms with E-state index in [0.29, 0.717) is 0 Å². The van der Waals surface area contributed by atoms with Gasteiger partial charge in [-0.2, -0.15) is 0 Å². The predicted molar refractivity (Wildman–Crippen MR) is 123 cm³/mol. The van der Waals surface area contributed by atoms with Crippen LogP contribution in [-0.2, 0) is 6.42 Å². The molecule has 0 saturated carbocycles. The fraction of sp³-hybridized carbons (Fsp3) is 0.435. The molecule has 0 spiro atoms. The molecular formula is C23H31N7O. The molecule has 8 heteroatoms. The van der Waals surface area contributed by atoms with Crippen LogP contribution >= 0.6 is 0 Å². The van der Waals surface area contributed by atoms with Crippen LogP contribution in [0.15, 0.2) is 53.7 Å². The lowest BCUT2D eigenvalue weighted by atomic mass is 10.1. The number of benzene rings is 1. The summed E-state index contributed by atoms with van der Waals surface area (Å²) in [5.74, 6) is 2.62. The van der Waals surface area contributed by atoms with Gasteiger partial charge in [-0.25, -0.2) is 0 Å². The molecule has 8 nitrogen and oxygen atoms in total. The van der Waals surface area contributed by atoms with Gasteiger partial charge in [-0.1, -0.05) is 18.2 Å². The highest BCUT2D eigenvalue weighted by molar-refractivity contribution is 5.79. The summed E-state index contributed by atoms with van der Waals surface area (Å²) in [6.45, 7) is 3.74. The summed E-state index contributed by atoms with van der Waals surface area (Å²) in [5.41, 5.74) is 2.13. The number of aromatic nitrogens is 3. The molecule has 1 unspecified atom stereocenters. The van der Waals surface area contributed by atoms with Crippen molar-refractivity contribution in [1.29, 1.82) is 0 Å². The Bertz CT molecular complexity index is 1010. The highest BCUT2D eigenvalue weighted by Gasteiger charge is 2.24. The first-order chi connectivity index (χ1) is 15.3. The van der Waals surface area contributed by atoms with E-state index in [1.807, 2.05) is 34.9 Å². The van der Waals surface area contributed by atoms with E-state index in [0.717, 1.165) is 55.8 Å². The van der Waals surface area contributed by atoms with Crippen LogP contribution in [-0.4, -0.2) is 65.8 Å². The molecule has 1 aromatic carbocycles. The first-order valence-electron chi connectivity index (χ1n) is 10.9. The smallest absolute Gasteiger partial charge is 0.191 e. The molecule has 1 atom stereocenters. The second-order valence-corrected chi connectivity index (χ2v) is 7.71. The first-order valence-corrected chi connectivity index (χ1v) is 10.9. The fourth-order valence-corrected chi connectivity index (χ4v) is 4.13. The third-order valence-electron chi connectivity index (χ3n) is 5.77. The second-order valence-electron chi connectivity index (χ2n) is 7.71. The Hall–Kier alpha value is -3.13. The number of rotatable bonds is 8. The average Bonchev–Trinajstić information content (AvgIpc) is 3.49. The normalized spacial score (nSPS) is 15.9. The zero-order valence-electron chi connectivity index (χ0n) is 18.3. The van der Waals surface area contributed by atoms with Crippen molar-refractivity contribution in [3.8, 4) is 5.75 Å². The SMILES string of the molecule is CN=C(NCCc1nnc2ccccn12)NCC(c1cccc(OC)c1)N1CCCC1. The zero-order chi connectivity index (χ0) is 21.5. The van der Waals surface area contributed by atoms with Crippen LogP contribution in [0.25, 0.3) is 5.65 Å². The molecule has 164 valence electrons. The standard InChI is InChI=1S/C23H31N7O/c1-24-23(25-12-11-22-28-27-21-10-3-4-15-30(21)22)26-17-20(29-13-5-6-14-29)18-8-7-9-19(16-18)31-2/h3-4,7-10,15-16,20H,5-6,11-14,17H2,1-2H3,(H2,24,25,26). The fourth-order valence-electron chi connectivity index (χ4n) is 4.13. The summed E-state index contributed by atoms with van der Waals surface area (Å²) >= 11 is 0. The number of hydrogen-bond acceptors (Lipinski definition) is 5. The van der Waals surface area contributed by atoms with Crippen molar-refractivity contribution in [2.45, 2.75) is 25.3 Å². The second kappa shape index (κ2) is 10.3.